The minimum atomic E-state index is -3.63. The molecule has 7 nitrogen and oxygen atoms in total. The van der Waals surface area contributed by atoms with E-state index in [1.807, 2.05) is 61.2 Å². The molecule has 1 amide bonds. The van der Waals surface area contributed by atoms with Crippen molar-refractivity contribution in [2.45, 2.75) is 38.3 Å². The quantitative estimate of drug-likeness (QED) is 0.362. The summed E-state index contributed by atoms with van der Waals surface area (Å²) in [7, 11) is -3.63. The van der Waals surface area contributed by atoms with Crippen molar-refractivity contribution in [3.63, 3.8) is 0 Å². The van der Waals surface area contributed by atoms with Crippen molar-refractivity contribution in [2.75, 3.05) is 32.7 Å². The van der Waals surface area contributed by atoms with Crippen LogP contribution in [0.5, 0.6) is 0 Å². The van der Waals surface area contributed by atoms with E-state index in [9.17, 15) is 13.2 Å². The van der Waals surface area contributed by atoms with E-state index in [0.29, 0.717) is 30.1 Å². The molecule has 2 aliphatic rings. The number of rotatable bonds is 5. The minimum Gasteiger partial charge on any atom is -0.336 e. The summed E-state index contributed by atoms with van der Waals surface area (Å²) in [6, 6.07) is 23.7. The third kappa shape index (κ3) is 5.03. The molecule has 40 heavy (non-hydrogen) atoms. The van der Waals surface area contributed by atoms with Crippen molar-refractivity contribution in [2.24, 2.45) is 0 Å². The summed E-state index contributed by atoms with van der Waals surface area (Å²) in [6.45, 7) is 7.38. The summed E-state index contributed by atoms with van der Waals surface area (Å²) in [6.07, 6.45) is 0.787. The first-order valence-corrected chi connectivity index (χ1v) is 15.3. The Bertz CT molecular complexity index is 1680. The average molecular weight is 555 g/mol. The number of amides is 1. The summed E-state index contributed by atoms with van der Waals surface area (Å²) in [5, 5.41) is 0.859. The van der Waals surface area contributed by atoms with Crippen molar-refractivity contribution in [1.29, 1.82) is 0 Å². The number of fused-ring (bicyclic) bond motifs is 2. The van der Waals surface area contributed by atoms with Gasteiger partial charge in [-0.05, 0) is 37.1 Å². The van der Waals surface area contributed by atoms with Gasteiger partial charge in [-0.25, -0.2) is 8.42 Å². The van der Waals surface area contributed by atoms with Gasteiger partial charge in [-0.2, -0.15) is 4.31 Å². The lowest BCUT2D eigenvalue weighted by atomic mass is 9.94. The van der Waals surface area contributed by atoms with Crippen molar-refractivity contribution >= 4 is 26.8 Å². The molecule has 4 aromatic rings. The van der Waals surface area contributed by atoms with Crippen LogP contribution >= 0.6 is 0 Å². The minimum absolute atomic E-state index is 0.0417. The van der Waals surface area contributed by atoms with Crippen molar-refractivity contribution in [3.8, 4) is 0 Å². The number of benzene rings is 3. The van der Waals surface area contributed by atoms with Gasteiger partial charge in [-0.15, -0.1) is 0 Å². The van der Waals surface area contributed by atoms with E-state index in [4.69, 9.17) is 4.98 Å². The number of sulfonamides is 1. The molecule has 0 aliphatic carbocycles. The van der Waals surface area contributed by atoms with Crippen LogP contribution in [0.3, 0.4) is 0 Å². The van der Waals surface area contributed by atoms with Crippen LogP contribution in [0.1, 0.15) is 38.3 Å². The van der Waals surface area contributed by atoms with Gasteiger partial charge in [0.25, 0.3) is 5.91 Å². The Morgan fingerprint density at radius 1 is 0.875 bits per heavy atom. The number of carbonyl (C=O) groups excluding carboxylic acids is 1. The zero-order valence-corrected chi connectivity index (χ0v) is 23.8. The molecular weight excluding hydrogens is 520 g/mol. The maximum atomic E-state index is 14.2. The van der Waals surface area contributed by atoms with Gasteiger partial charge in [0, 0.05) is 68.9 Å². The second kappa shape index (κ2) is 10.8. The van der Waals surface area contributed by atoms with Gasteiger partial charge < -0.3 is 4.90 Å². The topological polar surface area (TPSA) is 73.8 Å². The number of aromatic nitrogens is 1. The molecule has 0 atom stereocenters. The van der Waals surface area contributed by atoms with Gasteiger partial charge in [0.2, 0.25) is 10.0 Å². The van der Waals surface area contributed by atoms with Crippen molar-refractivity contribution in [3.05, 3.63) is 106 Å². The molecule has 1 aromatic heterocycles. The van der Waals surface area contributed by atoms with Crippen LogP contribution in [0.25, 0.3) is 10.9 Å². The third-order valence-electron chi connectivity index (χ3n) is 8.06. The van der Waals surface area contributed by atoms with E-state index in [2.05, 4.69) is 29.2 Å². The Morgan fingerprint density at radius 3 is 2.35 bits per heavy atom. The highest BCUT2D eigenvalue weighted by Crippen LogP contribution is 2.31. The predicted octanol–water partition coefficient (Wildman–Crippen LogP) is 4.56. The monoisotopic (exact) mass is 554 g/mol. The molecule has 206 valence electrons. The van der Waals surface area contributed by atoms with Crippen molar-refractivity contribution < 1.29 is 13.2 Å². The number of hydrogen-bond donors (Lipinski definition) is 0. The lowest BCUT2D eigenvalue weighted by Crippen LogP contribution is -2.51. The highest BCUT2D eigenvalue weighted by molar-refractivity contribution is 7.89. The fourth-order valence-corrected chi connectivity index (χ4v) is 7.61. The van der Waals surface area contributed by atoms with Gasteiger partial charge in [0.1, 0.15) is 0 Å². The maximum Gasteiger partial charge on any atom is 0.255 e. The summed E-state index contributed by atoms with van der Waals surface area (Å²) in [5.41, 5.74) is 6.55. The maximum absolute atomic E-state index is 14.2. The Kier molecular flexibility index (Phi) is 7.16. The second-order valence-electron chi connectivity index (χ2n) is 10.8. The van der Waals surface area contributed by atoms with Crippen LogP contribution < -0.4 is 0 Å². The molecule has 1 saturated heterocycles. The number of aryl methyl sites for hydroxylation is 2. The molecule has 0 bridgehead atoms. The Labute approximate surface area is 236 Å². The summed E-state index contributed by atoms with van der Waals surface area (Å²) < 4.78 is 28.4. The van der Waals surface area contributed by atoms with Gasteiger partial charge in [0.05, 0.1) is 16.0 Å². The number of hydrogen-bond acceptors (Lipinski definition) is 5. The molecule has 8 heteroatoms. The first-order chi connectivity index (χ1) is 19.3. The van der Waals surface area contributed by atoms with Crippen LogP contribution in [-0.4, -0.2) is 66.1 Å². The van der Waals surface area contributed by atoms with Crippen LogP contribution in [0.2, 0.25) is 0 Å². The Balaban J connectivity index is 1.27. The molecule has 0 unspecified atom stereocenters. The number of pyridine rings is 1. The molecule has 6 rings (SSSR count). The fourth-order valence-electron chi connectivity index (χ4n) is 5.98. The summed E-state index contributed by atoms with van der Waals surface area (Å²) in [4.78, 5) is 23.7. The van der Waals surface area contributed by atoms with Crippen LogP contribution in [0.15, 0.2) is 77.7 Å². The molecule has 0 N–H and O–H groups in total. The van der Waals surface area contributed by atoms with E-state index in [1.165, 1.54) is 9.87 Å². The molecule has 0 spiro atoms. The smallest absolute Gasteiger partial charge is 0.255 e. The fraction of sp³-hybridized carbons (Fsp3) is 0.312. The average Bonchev–Trinajstić information content (AvgIpc) is 2.96. The molecule has 3 heterocycles. The first-order valence-electron chi connectivity index (χ1n) is 13.8. The summed E-state index contributed by atoms with van der Waals surface area (Å²) >= 11 is 0. The van der Waals surface area contributed by atoms with E-state index < -0.39 is 10.0 Å². The van der Waals surface area contributed by atoms with Gasteiger partial charge in [-0.3, -0.25) is 14.7 Å². The molecule has 0 radical (unpaired) electrons. The normalized spacial score (nSPS) is 16.7. The SMILES string of the molecule is Cc1ccc(S(=O)(=O)N2CCN(C(=O)c3c4c(nc5ccccc35)CCN(Cc3ccccc3)C4)CC2)c(C)c1. The second-order valence-corrected chi connectivity index (χ2v) is 12.7. The number of nitrogens with zero attached hydrogens (tertiary/aromatic N) is 4. The lowest BCUT2D eigenvalue weighted by Gasteiger charge is -2.36. The van der Waals surface area contributed by atoms with E-state index in [-0.39, 0.29) is 19.0 Å². The molecule has 0 saturated carbocycles. The van der Waals surface area contributed by atoms with E-state index in [0.717, 1.165) is 52.8 Å². The number of piperazine rings is 1. The van der Waals surface area contributed by atoms with E-state index in [1.54, 1.807) is 6.07 Å². The highest BCUT2D eigenvalue weighted by Gasteiger charge is 2.34. The Morgan fingerprint density at radius 2 is 1.60 bits per heavy atom. The number of para-hydroxylation sites is 1. The van der Waals surface area contributed by atoms with Crippen LogP contribution in [0.4, 0.5) is 0 Å². The lowest BCUT2D eigenvalue weighted by molar-refractivity contribution is 0.0696. The predicted molar refractivity (Wildman–Crippen MR) is 157 cm³/mol. The first kappa shape index (κ1) is 26.6. The van der Waals surface area contributed by atoms with Crippen LogP contribution in [-0.2, 0) is 29.5 Å². The third-order valence-corrected chi connectivity index (χ3v) is 10.1. The zero-order valence-electron chi connectivity index (χ0n) is 23.0. The van der Waals surface area contributed by atoms with Gasteiger partial charge in [0.15, 0.2) is 0 Å². The van der Waals surface area contributed by atoms with Crippen molar-refractivity contribution in [1.82, 2.24) is 19.1 Å². The molecule has 2 aliphatic heterocycles. The Hall–Kier alpha value is -3.59. The zero-order chi connectivity index (χ0) is 27.9. The van der Waals surface area contributed by atoms with E-state index >= 15 is 0 Å². The highest BCUT2D eigenvalue weighted by atomic mass is 32.2. The molecule has 3 aromatic carbocycles. The van der Waals surface area contributed by atoms with Gasteiger partial charge in [-0.1, -0.05) is 66.2 Å². The molecular formula is C32H34N4O3S. The largest absolute Gasteiger partial charge is 0.336 e. The number of carbonyl (C=O) groups is 1. The molecule has 1 fully saturated rings. The van der Waals surface area contributed by atoms with Gasteiger partial charge >= 0.3 is 0 Å². The van der Waals surface area contributed by atoms with Crippen LogP contribution in [0, 0.1) is 13.8 Å². The summed E-state index contributed by atoms with van der Waals surface area (Å²) in [5.74, 6) is -0.0417. The standard InChI is InChI=1S/C32H34N4O3S/c1-23-12-13-30(24(2)20-23)40(38,39)36-18-16-35(17-19-36)32(37)31-26-10-6-7-11-28(26)33-29-14-15-34(22-27(29)31)21-25-8-4-3-5-9-25/h3-13,20H,14-19,21-22H2,1-2H3.